The molecule has 0 radical (unpaired) electrons. The molecule has 0 saturated carbocycles. The molecule has 0 saturated heterocycles. The van der Waals surface area contributed by atoms with Gasteiger partial charge in [-0.1, -0.05) is 0 Å². The highest BCUT2D eigenvalue weighted by Gasteiger charge is 2.08. The molecule has 6 heteroatoms. The van der Waals surface area contributed by atoms with Crippen molar-refractivity contribution in [1.29, 1.82) is 0 Å². The molecule has 0 amide bonds. The Morgan fingerprint density at radius 3 is 3.06 bits per heavy atom. The molecular formula is C11H11BrN4O. The van der Waals surface area contributed by atoms with Crippen LogP contribution in [0, 0.1) is 0 Å². The van der Waals surface area contributed by atoms with Gasteiger partial charge in [0.1, 0.15) is 5.69 Å². The maximum atomic E-state index is 11.5. The lowest BCUT2D eigenvalue weighted by Gasteiger charge is -2.04. The minimum absolute atomic E-state index is 0.183. The predicted octanol–water partition coefficient (Wildman–Crippen LogP) is 1.31. The van der Waals surface area contributed by atoms with E-state index in [2.05, 4.69) is 36.2 Å². The van der Waals surface area contributed by atoms with Crippen LogP contribution in [0.1, 0.15) is 5.69 Å². The van der Waals surface area contributed by atoms with Crippen molar-refractivity contribution < 1.29 is 0 Å². The van der Waals surface area contributed by atoms with Crippen molar-refractivity contribution in [3.05, 3.63) is 44.9 Å². The maximum absolute atomic E-state index is 11.5. The predicted molar refractivity (Wildman–Crippen MR) is 68.6 cm³/mol. The molecule has 0 spiro atoms. The molecule has 0 aliphatic heterocycles. The van der Waals surface area contributed by atoms with Crippen LogP contribution < -0.4 is 10.9 Å². The summed E-state index contributed by atoms with van der Waals surface area (Å²) < 4.78 is 0.796. The maximum Gasteiger partial charge on any atom is 0.251 e. The average Bonchev–Trinajstić information content (AvgIpc) is 2.29. The molecule has 0 aliphatic carbocycles. The average molecular weight is 295 g/mol. The molecular weight excluding hydrogens is 284 g/mol. The Labute approximate surface area is 106 Å². The Morgan fingerprint density at radius 1 is 1.53 bits per heavy atom. The SMILES string of the molecule is CNCc1cc(=O)[nH]c(-c2ncccc2Br)n1. The number of pyridine rings is 1. The van der Waals surface area contributed by atoms with Gasteiger partial charge in [-0.15, -0.1) is 0 Å². The van der Waals surface area contributed by atoms with Gasteiger partial charge in [0.2, 0.25) is 0 Å². The number of hydrogen-bond donors (Lipinski definition) is 2. The number of aromatic nitrogens is 3. The van der Waals surface area contributed by atoms with E-state index in [1.54, 1.807) is 13.2 Å². The molecule has 0 aliphatic rings. The standard InChI is InChI=1S/C11H11BrN4O/c1-13-6-7-5-9(17)16-11(15-7)10-8(12)3-2-4-14-10/h2-5,13H,6H2,1H3,(H,15,16,17). The Kier molecular flexibility index (Phi) is 3.65. The van der Waals surface area contributed by atoms with Gasteiger partial charge in [-0.05, 0) is 35.1 Å². The zero-order valence-corrected chi connectivity index (χ0v) is 10.8. The number of hydrogen-bond acceptors (Lipinski definition) is 4. The van der Waals surface area contributed by atoms with Gasteiger partial charge < -0.3 is 10.3 Å². The third-order valence-corrected chi connectivity index (χ3v) is 2.78. The summed E-state index contributed by atoms with van der Waals surface area (Å²) >= 11 is 3.38. The first-order valence-electron chi connectivity index (χ1n) is 5.06. The van der Waals surface area contributed by atoms with E-state index in [9.17, 15) is 4.79 Å². The Bertz CT molecular complexity index is 582. The second kappa shape index (κ2) is 5.20. The molecule has 2 aromatic rings. The van der Waals surface area contributed by atoms with Crippen molar-refractivity contribution in [2.24, 2.45) is 0 Å². The van der Waals surface area contributed by atoms with Crippen LogP contribution in [0.4, 0.5) is 0 Å². The summed E-state index contributed by atoms with van der Waals surface area (Å²) in [5.41, 5.74) is 1.13. The zero-order valence-electron chi connectivity index (χ0n) is 9.20. The van der Waals surface area contributed by atoms with Gasteiger partial charge >= 0.3 is 0 Å². The fourth-order valence-corrected chi connectivity index (χ4v) is 1.89. The molecule has 2 aromatic heterocycles. The highest BCUT2D eigenvalue weighted by Crippen LogP contribution is 2.21. The number of nitrogens with zero attached hydrogens (tertiary/aromatic N) is 2. The summed E-state index contributed by atoms with van der Waals surface area (Å²) in [7, 11) is 1.80. The first-order chi connectivity index (χ1) is 8.20. The molecule has 0 fully saturated rings. The second-order valence-electron chi connectivity index (χ2n) is 3.45. The highest BCUT2D eigenvalue weighted by atomic mass is 79.9. The molecule has 2 heterocycles. The zero-order chi connectivity index (χ0) is 12.3. The van der Waals surface area contributed by atoms with E-state index in [1.807, 2.05) is 12.1 Å². The van der Waals surface area contributed by atoms with Gasteiger partial charge in [-0.2, -0.15) is 0 Å². The number of H-pyrrole nitrogens is 1. The molecule has 0 bridgehead atoms. The lowest BCUT2D eigenvalue weighted by Crippen LogP contribution is -2.15. The minimum atomic E-state index is -0.183. The third kappa shape index (κ3) is 2.78. The topological polar surface area (TPSA) is 70.7 Å². The van der Waals surface area contributed by atoms with E-state index >= 15 is 0 Å². The van der Waals surface area contributed by atoms with E-state index in [-0.39, 0.29) is 5.56 Å². The summed E-state index contributed by atoms with van der Waals surface area (Å²) in [5, 5.41) is 2.96. The first kappa shape index (κ1) is 11.9. The minimum Gasteiger partial charge on any atom is -0.314 e. The Hall–Kier alpha value is -1.53. The second-order valence-corrected chi connectivity index (χ2v) is 4.30. The van der Waals surface area contributed by atoms with Crippen LogP contribution >= 0.6 is 15.9 Å². The molecule has 2 N–H and O–H groups in total. The van der Waals surface area contributed by atoms with Gasteiger partial charge in [0.05, 0.1) is 5.69 Å². The highest BCUT2D eigenvalue weighted by molar-refractivity contribution is 9.10. The van der Waals surface area contributed by atoms with E-state index in [0.29, 0.717) is 23.8 Å². The summed E-state index contributed by atoms with van der Waals surface area (Å²) in [6.07, 6.45) is 1.66. The summed E-state index contributed by atoms with van der Waals surface area (Å²) in [4.78, 5) is 22.7. The number of aromatic amines is 1. The fourth-order valence-electron chi connectivity index (χ4n) is 1.45. The number of halogens is 1. The van der Waals surface area contributed by atoms with Gasteiger partial charge in [0.25, 0.3) is 5.56 Å². The smallest absolute Gasteiger partial charge is 0.251 e. The van der Waals surface area contributed by atoms with Crippen LogP contribution in [-0.2, 0) is 6.54 Å². The first-order valence-corrected chi connectivity index (χ1v) is 5.85. The van der Waals surface area contributed by atoms with Crippen molar-refractivity contribution in [3.8, 4) is 11.5 Å². The normalized spacial score (nSPS) is 10.5. The van der Waals surface area contributed by atoms with Crippen LogP contribution in [0.25, 0.3) is 11.5 Å². The number of rotatable bonds is 3. The van der Waals surface area contributed by atoms with Gasteiger partial charge in [0.15, 0.2) is 5.82 Å². The van der Waals surface area contributed by atoms with Crippen molar-refractivity contribution in [3.63, 3.8) is 0 Å². The lowest BCUT2D eigenvalue weighted by molar-refractivity contribution is 0.784. The molecule has 88 valence electrons. The molecule has 2 rings (SSSR count). The van der Waals surface area contributed by atoms with Crippen LogP contribution in [-0.4, -0.2) is 22.0 Å². The van der Waals surface area contributed by atoms with Crippen LogP contribution in [0.3, 0.4) is 0 Å². The Balaban J connectivity index is 2.52. The van der Waals surface area contributed by atoms with E-state index in [4.69, 9.17) is 0 Å². The van der Waals surface area contributed by atoms with E-state index in [0.717, 1.165) is 4.47 Å². The van der Waals surface area contributed by atoms with Crippen LogP contribution in [0.2, 0.25) is 0 Å². The fraction of sp³-hybridized carbons (Fsp3) is 0.182. The molecule has 0 atom stereocenters. The quantitative estimate of drug-likeness (QED) is 0.896. The van der Waals surface area contributed by atoms with Crippen molar-refractivity contribution in [2.75, 3.05) is 7.05 Å². The van der Waals surface area contributed by atoms with Crippen molar-refractivity contribution in [2.45, 2.75) is 6.54 Å². The van der Waals surface area contributed by atoms with E-state index in [1.165, 1.54) is 6.07 Å². The summed E-state index contributed by atoms with van der Waals surface area (Å²) in [5.74, 6) is 0.468. The Morgan fingerprint density at radius 2 is 2.35 bits per heavy atom. The molecule has 0 unspecified atom stereocenters. The number of nitrogens with one attached hydrogen (secondary N) is 2. The lowest BCUT2D eigenvalue weighted by atomic mass is 10.3. The third-order valence-electron chi connectivity index (χ3n) is 2.14. The van der Waals surface area contributed by atoms with Crippen LogP contribution in [0.15, 0.2) is 33.7 Å². The molecule has 0 aromatic carbocycles. The summed E-state index contributed by atoms with van der Waals surface area (Å²) in [6.45, 7) is 0.543. The van der Waals surface area contributed by atoms with E-state index < -0.39 is 0 Å². The van der Waals surface area contributed by atoms with Gasteiger partial charge in [-0.25, -0.2) is 4.98 Å². The largest absolute Gasteiger partial charge is 0.314 e. The van der Waals surface area contributed by atoms with Gasteiger partial charge in [0, 0.05) is 23.3 Å². The van der Waals surface area contributed by atoms with Gasteiger partial charge in [-0.3, -0.25) is 9.78 Å². The molecule has 17 heavy (non-hydrogen) atoms. The monoisotopic (exact) mass is 294 g/mol. The van der Waals surface area contributed by atoms with Crippen molar-refractivity contribution in [1.82, 2.24) is 20.3 Å². The van der Waals surface area contributed by atoms with Crippen molar-refractivity contribution >= 4 is 15.9 Å². The summed E-state index contributed by atoms with van der Waals surface area (Å²) in [6, 6.07) is 5.13. The molecule has 5 nitrogen and oxygen atoms in total. The van der Waals surface area contributed by atoms with Crippen LogP contribution in [0.5, 0.6) is 0 Å².